The van der Waals surface area contributed by atoms with E-state index in [1.165, 1.54) is 7.11 Å². The number of nitrogens with zero attached hydrogens (tertiary/aromatic N) is 1. The first-order chi connectivity index (χ1) is 12.0. The normalized spacial score (nSPS) is 21.4. The average Bonchev–Trinajstić information content (AvgIpc) is 2.75. The fourth-order valence-corrected chi connectivity index (χ4v) is 3.58. The van der Waals surface area contributed by atoms with E-state index in [0.717, 1.165) is 24.8 Å². The second kappa shape index (κ2) is 7.04. The van der Waals surface area contributed by atoms with Gasteiger partial charge in [-0.25, -0.2) is 4.79 Å². The fourth-order valence-electron chi connectivity index (χ4n) is 3.58. The molecule has 136 valence electrons. The van der Waals surface area contributed by atoms with Crippen molar-refractivity contribution in [2.24, 2.45) is 5.41 Å². The molecule has 0 bridgehead atoms. The zero-order valence-corrected chi connectivity index (χ0v) is 15.0. The largest absolute Gasteiger partial charge is 0.491 e. The Balaban J connectivity index is 1.85. The number of hydrogen-bond acceptors (Lipinski definition) is 5. The molecule has 1 amide bonds. The highest BCUT2D eigenvalue weighted by molar-refractivity contribution is 5.90. The Morgan fingerprint density at radius 3 is 2.68 bits per heavy atom. The monoisotopic (exact) mass is 347 g/mol. The summed E-state index contributed by atoms with van der Waals surface area (Å²) in [6.45, 7) is 3.32. The van der Waals surface area contributed by atoms with Crippen LogP contribution in [-0.2, 0) is 20.8 Å². The Bertz CT molecular complexity index is 668. The zero-order chi connectivity index (χ0) is 18.0. The first-order valence-corrected chi connectivity index (χ1v) is 8.65. The van der Waals surface area contributed by atoms with E-state index >= 15 is 0 Å². The number of carbonyl (C=O) groups is 2. The Kier molecular flexibility index (Phi) is 4.99. The third kappa shape index (κ3) is 3.23. The van der Waals surface area contributed by atoms with Crippen LogP contribution in [0.5, 0.6) is 5.75 Å². The Hall–Kier alpha value is -2.08. The lowest BCUT2D eigenvalue weighted by Gasteiger charge is -2.44. The SMILES string of the molecule is COCC1(C(=O)N2Cc3ccc(C(=O)OC)cc3OC[C@@H]2C)CCC1. The van der Waals surface area contributed by atoms with Crippen LogP contribution in [0.25, 0.3) is 0 Å². The van der Waals surface area contributed by atoms with Crippen LogP contribution >= 0.6 is 0 Å². The molecule has 1 fully saturated rings. The second-order valence-electron chi connectivity index (χ2n) is 6.97. The van der Waals surface area contributed by atoms with Gasteiger partial charge < -0.3 is 19.1 Å². The summed E-state index contributed by atoms with van der Waals surface area (Å²) in [7, 11) is 3.00. The molecule has 1 atom stereocenters. The highest BCUT2D eigenvalue weighted by Crippen LogP contribution is 2.44. The lowest BCUT2D eigenvalue weighted by Crippen LogP contribution is -2.53. The molecule has 6 nitrogen and oxygen atoms in total. The highest BCUT2D eigenvalue weighted by Gasteiger charge is 2.47. The van der Waals surface area contributed by atoms with Crippen LogP contribution in [0, 0.1) is 5.41 Å². The minimum absolute atomic E-state index is 0.0455. The number of esters is 1. The number of ether oxygens (including phenoxy) is 3. The minimum Gasteiger partial charge on any atom is -0.491 e. The van der Waals surface area contributed by atoms with E-state index in [9.17, 15) is 9.59 Å². The molecule has 25 heavy (non-hydrogen) atoms. The van der Waals surface area contributed by atoms with Crippen molar-refractivity contribution in [1.82, 2.24) is 4.90 Å². The number of benzene rings is 1. The molecule has 0 unspecified atom stereocenters. The predicted molar refractivity (Wildman–Crippen MR) is 91.4 cm³/mol. The molecule has 6 heteroatoms. The van der Waals surface area contributed by atoms with E-state index in [-0.39, 0.29) is 17.4 Å². The van der Waals surface area contributed by atoms with Crippen LogP contribution in [0.3, 0.4) is 0 Å². The van der Waals surface area contributed by atoms with Crippen LogP contribution in [0.1, 0.15) is 42.1 Å². The quantitative estimate of drug-likeness (QED) is 0.783. The topological polar surface area (TPSA) is 65.1 Å². The van der Waals surface area contributed by atoms with E-state index in [1.54, 1.807) is 19.2 Å². The molecule has 1 aromatic carbocycles. The first-order valence-electron chi connectivity index (χ1n) is 8.65. The van der Waals surface area contributed by atoms with Gasteiger partial charge in [0, 0.05) is 19.2 Å². The molecule has 2 aliphatic rings. The van der Waals surface area contributed by atoms with Gasteiger partial charge in [0.1, 0.15) is 12.4 Å². The van der Waals surface area contributed by atoms with Gasteiger partial charge in [0.2, 0.25) is 5.91 Å². The second-order valence-corrected chi connectivity index (χ2v) is 6.97. The zero-order valence-electron chi connectivity index (χ0n) is 15.0. The van der Waals surface area contributed by atoms with E-state index < -0.39 is 5.97 Å². The maximum Gasteiger partial charge on any atom is 0.337 e. The Labute approximate surface area is 148 Å². The molecule has 0 N–H and O–H groups in total. The molecule has 1 saturated carbocycles. The van der Waals surface area contributed by atoms with Crippen molar-refractivity contribution < 1.29 is 23.8 Å². The van der Waals surface area contributed by atoms with Crippen molar-refractivity contribution in [2.75, 3.05) is 27.4 Å². The Morgan fingerprint density at radius 1 is 1.32 bits per heavy atom. The number of rotatable bonds is 4. The molecule has 1 aliphatic heterocycles. The van der Waals surface area contributed by atoms with Gasteiger partial charge in [-0.3, -0.25) is 4.79 Å². The number of methoxy groups -OCH3 is 2. The maximum atomic E-state index is 13.2. The molecule has 1 aliphatic carbocycles. The molecular weight excluding hydrogens is 322 g/mol. The van der Waals surface area contributed by atoms with Crippen LogP contribution < -0.4 is 4.74 Å². The molecule has 1 aromatic rings. The summed E-state index contributed by atoms with van der Waals surface area (Å²) in [5.41, 5.74) is 0.959. The molecular formula is C19H25NO5. The lowest BCUT2D eigenvalue weighted by molar-refractivity contribution is -0.155. The van der Waals surface area contributed by atoms with Crippen LogP contribution in [0.4, 0.5) is 0 Å². The van der Waals surface area contributed by atoms with Crippen molar-refractivity contribution in [2.45, 2.75) is 38.8 Å². The van der Waals surface area contributed by atoms with Crippen molar-refractivity contribution in [1.29, 1.82) is 0 Å². The summed E-state index contributed by atoms with van der Waals surface area (Å²) in [5.74, 6) is 0.381. The summed E-state index contributed by atoms with van der Waals surface area (Å²) in [6, 6.07) is 5.19. The van der Waals surface area contributed by atoms with Gasteiger partial charge in [-0.15, -0.1) is 0 Å². The predicted octanol–water partition coefficient (Wildman–Crippen LogP) is 2.40. The van der Waals surface area contributed by atoms with E-state index in [0.29, 0.717) is 31.1 Å². The van der Waals surface area contributed by atoms with Gasteiger partial charge in [-0.2, -0.15) is 0 Å². The molecule has 0 radical (unpaired) electrons. The van der Waals surface area contributed by atoms with E-state index in [4.69, 9.17) is 14.2 Å². The fraction of sp³-hybridized carbons (Fsp3) is 0.579. The Morgan fingerprint density at radius 2 is 2.08 bits per heavy atom. The maximum absolute atomic E-state index is 13.2. The van der Waals surface area contributed by atoms with Crippen molar-refractivity contribution in [3.05, 3.63) is 29.3 Å². The highest BCUT2D eigenvalue weighted by atomic mass is 16.5. The van der Waals surface area contributed by atoms with Crippen LogP contribution in [0.15, 0.2) is 18.2 Å². The number of hydrogen-bond donors (Lipinski definition) is 0. The van der Waals surface area contributed by atoms with E-state index in [1.807, 2.05) is 17.9 Å². The van der Waals surface area contributed by atoms with Crippen molar-refractivity contribution in [3.63, 3.8) is 0 Å². The van der Waals surface area contributed by atoms with Crippen molar-refractivity contribution in [3.8, 4) is 5.75 Å². The van der Waals surface area contributed by atoms with Crippen molar-refractivity contribution >= 4 is 11.9 Å². The van der Waals surface area contributed by atoms with Gasteiger partial charge in [-0.1, -0.05) is 12.5 Å². The standard InChI is InChI=1S/C19H25NO5/c1-13-11-25-16-9-14(17(21)24-3)5-6-15(16)10-20(13)18(22)19(12-23-2)7-4-8-19/h5-6,9,13H,4,7-8,10-12H2,1-3H3/t13-/m0/s1. The third-order valence-electron chi connectivity index (χ3n) is 5.29. The van der Waals surface area contributed by atoms with E-state index in [2.05, 4.69) is 0 Å². The van der Waals surface area contributed by atoms with Gasteiger partial charge in [0.05, 0.1) is 30.7 Å². The van der Waals surface area contributed by atoms with Crippen LogP contribution in [-0.4, -0.2) is 50.3 Å². The minimum atomic E-state index is -0.398. The van der Waals surface area contributed by atoms with Crippen LogP contribution in [0.2, 0.25) is 0 Å². The molecule has 0 saturated heterocycles. The van der Waals surface area contributed by atoms with Gasteiger partial charge >= 0.3 is 5.97 Å². The summed E-state index contributed by atoms with van der Waals surface area (Å²) < 4.78 is 15.9. The van der Waals surface area contributed by atoms with Gasteiger partial charge in [0.25, 0.3) is 0 Å². The third-order valence-corrected chi connectivity index (χ3v) is 5.29. The summed E-state index contributed by atoms with van der Waals surface area (Å²) >= 11 is 0. The summed E-state index contributed by atoms with van der Waals surface area (Å²) in [6.07, 6.45) is 2.81. The van der Waals surface area contributed by atoms with Gasteiger partial charge in [-0.05, 0) is 31.9 Å². The molecule has 3 rings (SSSR count). The molecule has 0 aromatic heterocycles. The number of carbonyl (C=O) groups excluding carboxylic acids is 2. The average molecular weight is 347 g/mol. The number of amides is 1. The lowest BCUT2D eigenvalue weighted by atomic mass is 9.68. The molecule has 1 heterocycles. The first kappa shape index (κ1) is 17.7. The summed E-state index contributed by atoms with van der Waals surface area (Å²) in [4.78, 5) is 26.8. The molecule has 0 spiro atoms. The van der Waals surface area contributed by atoms with Gasteiger partial charge in [0.15, 0.2) is 0 Å². The smallest absolute Gasteiger partial charge is 0.337 e. The number of fused-ring (bicyclic) bond motifs is 1. The summed E-state index contributed by atoms with van der Waals surface area (Å²) in [5, 5.41) is 0.